The number of rotatable bonds is 7. The first-order valence-corrected chi connectivity index (χ1v) is 8.03. The van der Waals surface area contributed by atoms with Crippen LogP contribution in [0.25, 0.3) is 11.1 Å². The molecule has 0 fully saturated rings. The zero-order valence-electron chi connectivity index (χ0n) is 13.4. The van der Waals surface area contributed by atoms with Gasteiger partial charge in [-0.1, -0.05) is 56.5 Å². The average Bonchev–Trinajstić information content (AvgIpc) is 2.80. The van der Waals surface area contributed by atoms with Gasteiger partial charge in [0.15, 0.2) is 0 Å². The predicted octanol–water partition coefficient (Wildman–Crippen LogP) is 4.71. The van der Waals surface area contributed by atoms with E-state index >= 15 is 0 Å². The van der Waals surface area contributed by atoms with Crippen LogP contribution in [0.2, 0.25) is 0 Å². The molecule has 1 aromatic carbocycles. The van der Waals surface area contributed by atoms with Gasteiger partial charge in [-0.15, -0.1) is 0 Å². The van der Waals surface area contributed by atoms with E-state index in [2.05, 4.69) is 50.1 Å². The zero-order chi connectivity index (χ0) is 15.2. The van der Waals surface area contributed by atoms with Crippen LogP contribution in [0.5, 0.6) is 5.88 Å². The molecule has 114 valence electrons. The SMILES string of the molecule is CCCCc1nn(CCCC)c(O)c1-c1ccc(C)cc1. The molecule has 0 saturated heterocycles. The van der Waals surface area contributed by atoms with E-state index in [0.29, 0.717) is 5.88 Å². The predicted molar refractivity (Wildman–Crippen MR) is 87.6 cm³/mol. The number of unbranched alkanes of at least 4 members (excludes halogenated alkanes) is 2. The summed E-state index contributed by atoms with van der Waals surface area (Å²) in [6.45, 7) is 7.19. The summed E-state index contributed by atoms with van der Waals surface area (Å²) in [6, 6.07) is 8.32. The molecule has 0 atom stereocenters. The fraction of sp³-hybridized carbons (Fsp3) is 0.500. The van der Waals surface area contributed by atoms with Crippen LogP contribution < -0.4 is 0 Å². The van der Waals surface area contributed by atoms with Crippen LogP contribution in [0, 0.1) is 6.92 Å². The van der Waals surface area contributed by atoms with Crippen LogP contribution >= 0.6 is 0 Å². The monoisotopic (exact) mass is 286 g/mol. The van der Waals surface area contributed by atoms with Gasteiger partial charge < -0.3 is 5.11 Å². The van der Waals surface area contributed by atoms with Gasteiger partial charge in [0.25, 0.3) is 0 Å². The minimum atomic E-state index is 0.318. The maximum absolute atomic E-state index is 10.6. The van der Waals surface area contributed by atoms with Crippen LogP contribution in [0.15, 0.2) is 24.3 Å². The summed E-state index contributed by atoms with van der Waals surface area (Å²) >= 11 is 0. The molecule has 0 amide bonds. The number of hydrogen-bond donors (Lipinski definition) is 1. The Hall–Kier alpha value is -1.77. The molecular weight excluding hydrogens is 260 g/mol. The molecule has 0 unspecified atom stereocenters. The average molecular weight is 286 g/mol. The molecule has 0 aliphatic rings. The van der Waals surface area contributed by atoms with E-state index in [-0.39, 0.29) is 0 Å². The van der Waals surface area contributed by atoms with E-state index < -0.39 is 0 Å². The van der Waals surface area contributed by atoms with Crippen LogP contribution in [-0.4, -0.2) is 14.9 Å². The Morgan fingerprint density at radius 2 is 1.71 bits per heavy atom. The van der Waals surface area contributed by atoms with E-state index in [1.807, 2.05) is 0 Å². The quantitative estimate of drug-likeness (QED) is 0.800. The third-order valence-corrected chi connectivity index (χ3v) is 3.83. The van der Waals surface area contributed by atoms with Crippen molar-refractivity contribution in [3.63, 3.8) is 0 Å². The fourth-order valence-electron chi connectivity index (χ4n) is 2.50. The van der Waals surface area contributed by atoms with Gasteiger partial charge >= 0.3 is 0 Å². The Labute approximate surface area is 127 Å². The molecule has 2 rings (SSSR count). The van der Waals surface area contributed by atoms with Gasteiger partial charge in [-0.2, -0.15) is 5.10 Å². The number of aryl methyl sites for hydroxylation is 3. The lowest BCUT2D eigenvalue weighted by Gasteiger charge is -2.04. The number of hydrogen-bond acceptors (Lipinski definition) is 2. The van der Waals surface area contributed by atoms with Crippen molar-refractivity contribution in [2.75, 3.05) is 0 Å². The number of benzene rings is 1. The minimum absolute atomic E-state index is 0.318. The van der Waals surface area contributed by atoms with Crippen molar-refractivity contribution >= 4 is 0 Å². The van der Waals surface area contributed by atoms with Gasteiger partial charge in [0, 0.05) is 6.54 Å². The first-order chi connectivity index (χ1) is 10.2. The highest BCUT2D eigenvalue weighted by Gasteiger charge is 2.18. The third-order valence-electron chi connectivity index (χ3n) is 3.83. The molecule has 0 saturated carbocycles. The van der Waals surface area contributed by atoms with Crippen LogP contribution in [0.4, 0.5) is 0 Å². The number of aromatic nitrogens is 2. The van der Waals surface area contributed by atoms with Gasteiger partial charge in [0.1, 0.15) is 0 Å². The molecule has 3 nitrogen and oxygen atoms in total. The first-order valence-electron chi connectivity index (χ1n) is 8.03. The Morgan fingerprint density at radius 1 is 1.05 bits per heavy atom. The number of nitrogens with zero attached hydrogens (tertiary/aromatic N) is 2. The standard InChI is InChI=1S/C18H26N2O/c1-4-6-8-16-17(15-11-9-14(3)10-12-15)18(21)20(19-16)13-7-5-2/h9-12,21H,4-8,13H2,1-3H3. The summed E-state index contributed by atoms with van der Waals surface area (Å²) in [7, 11) is 0. The van der Waals surface area contributed by atoms with Crippen molar-refractivity contribution in [2.45, 2.75) is 59.4 Å². The van der Waals surface area contributed by atoms with Crippen LogP contribution in [0.1, 0.15) is 50.8 Å². The highest BCUT2D eigenvalue weighted by Crippen LogP contribution is 2.34. The smallest absolute Gasteiger partial charge is 0.217 e. The fourth-order valence-corrected chi connectivity index (χ4v) is 2.50. The molecule has 1 N–H and O–H groups in total. The van der Waals surface area contributed by atoms with Crippen molar-refractivity contribution < 1.29 is 5.11 Å². The lowest BCUT2D eigenvalue weighted by molar-refractivity contribution is 0.394. The Bertz CT molecular complexity index is 570. The van der Waals surface area contributed by atoms with Crippen molar-refractivity contribution in [1.82, 2.24) is 9.78 Å². The molecule has 0 spiro atoms. The second kappa shape index (κ2) is 7.30. The van der Waals surface area contributed by atoms with Crippen molar-refractivity contribution in [3.05, 3.63) is 35.5 Å². The normalized spacial score (nSPS) is 11.0. The summed E-state index contributed by atoms with van der Waals surface area (Å²) in [5.74, 6) is 0.318. The molecule has 2 aromatic rings. The largest absolute Gasteiger partial charge is 0.493 e. The third kappa shape index (κ3) is 3.66. The Balaban J connectivity index is 2.40. The van der Waals surface area contributed by atoms with Crippen molar-refractivity contribution in [1.29, 1.82) is 0 Å². The number of aromatic hydroxyl groups is 1. The molecule has 3 heteroatoms. The summed E-state index contributed by atoms with van der Waals surface area (Å²) in [6.07, 6.45) is 5.30. The summed E-state index contributed by atoms with van der Waals surface area (Å²) in [4.78, 5) is 0. The van der Waals surface area contributed by atoms with E-state index in [1.54, 1.807) is 4.68 Å². The molecule has 0 aliphatic carbocycles. The first kappa shape index (κ1) is 15.6. The summed E-state index contributed by atoms with van der Waals surface area (Å²) < 4.78 is 1.77. The van der Waals surface area contributed by atoms with Crippen LogP contribution in [0.3, 0.4) is 0 Å². The minimum Gasteiger partial charge on any atom is -0.493 e. The maximum atomic E-state index is 10.6. The zero-order valence-corrected chi connectivity index (χ0v) is 13.4. The lowest BCUT2D eigenvalue weighted by Crippen LogP contribution is -2.00. The van der Waals surface area contributed by atoms with Gasteiger partial charge in [-0.05, 0) is 31.7 Å². The van der Waals surface area contributed by atoms with E-state index in [9.17, 15) is 5.11 Å². The van der Waals surface area contributed by atoms with Crippen LogP contribution in [-0.2, 0) is 13.0 Å². The van der Waals surface area contributed by atoms with E-state index in [4.69, 9.17) is 0 Å². The highest BCUT2D eigenvalue weighted by atomic mass is 16.3. The van der Waals surface area contributed by atoms with Gasteiger partial charge in [0.05, 0.1) is 11.3 Å². The molecular formula is C18H26N2O. The topological polar surface area (TPSA) is 38.0 Å². The van der Waals surface area contributed by atoms with Gasteiger partial charge in [-0.25, -0.2) is 4.68 Å². The second-order valence-electron chi connectivity index (χ2n) is 5.69. The molecule has 0 radical (unpaired) electrons. The summed E-state index contributed by atoms with van der Waals surface area (Å²) in [5.41, 5.74) is 4.23. The lowest BCUT2D eigenvalue weighted by atomic mass is 10.0. The molecule has 0 aliphatic heterocycles. The molecule has 1 heterocycles. The summed E-state index contributed by atoms with van der Waals surface area (Å²) in [5, 5.41) is 15.2. The van der Waals surface area contributed by atoms with E-state index in [1.165, 1.54) is 5.56 Å². The molecule has 0 bridgehead atoms. The van der Waals surface area contributed by atoms with Crippen molar-refractivity contribution in [2.24, 2.45) is 0 Å². The molecule has 21 heavy (non-hydrogen) atoms. The second-order valence-corrected chi connectivity index (χ2v) is 5.69. The van der Waals surface area contributed by atoms with Gasteiger partial charge in [0.2, 0.25) is 5.88 Å². The maximum Gasteiger partial charge on any atom is 0.217 e. The highest BCUT2D eigenvalue weighted by molar-refractivity contribution is 5.71. The Morgan fingerprint density at radius 3 is 2.33 bits per heavy atom. The van der Waals surface area contributed by atoms with Gasteiger partial charge in [-0.3, -0.25) is 0 Å². The molecule has 1 aromatic heterocycles. The Kier molecular flexibility index (Phi) is 5.43. The van der Waals surface area contributed by atoms with Crippen molar-refractivity contribution in [3.8, 4) is 17.0 Å². The van der Waals surface area contributed by atoms with E-state index in [0.717, 1.165) is 55.5 Å².